The molecular formula is C18H26N2O3S. The number of carbonyl (C=O) groups excluding carboxylic acids is 2. The van der Waals surface area contributed by atoms with Crippen LogP contribution in [-0.4, -0.2) is 47.9 Å². The van der Waals surface area contributed by atoms with Crippen LogP contribution in [-0.2, 0) is 9.53 Å². The number of nitrogens with zero attached hydrogens (tertiary/aromatic N) is 1. The topological polar surface area (TPSA) is 58.6 Å². The van der Waals surface area contributed by atoms with Crippen molar-refractivity contribution in [3.63, 3.8) is 0 Å². The summed E-state index contributed by atoms with van der Waals surface area (Å²) in [4.78, 5) is 26.8. The first kappa shape index (κ1) is 18.6. The van der Waals surface area contributed by atoms with Crippen molar-refractivity contribution in [2.24, 2.45) is 0 Å². The van der Waals surface area contributed by atoms with Gasteiger partial charge < -0.3 is 15.0 Å². The van der Waals surface area contributed by atoms with Gasteiger partial charge in [0.25, 0.3) is 0 Å². The van der Waals surface area contributed by atoms with Crippen LogP contribution in [0.1, 0.15) is 32.3 Å². The van der Waals surface area contributed by atoms with Gasteiger partial charge in [-0.1, -0.05) is 17.7 Å². The average Bonchev–Trinajstić information content (AvgIpc) is 2.57. The van der Waals surface area contributed by atoms with E-state index in [4.69, 9.17) is 4.74 Å². The van der Waals surface area contributed by atoms with E-state index in [0.29, 0.717) is 19.7 Å². The summed E-state index contributed by atoms with van der Waals surface area (Å²) >= 11 is 1.56. The van der Waals surface area contributed by atoms with Gasteiger partial charge in [-0.15, -0.1) is 11.8 Å². The number of rotatable bonds is 5. The summed E-state index contributed by atoms with van der Waals surface area (Å²) in [7, 11) is 0. The molecule has 2 amide bonds. The van der Waals surface area contributed by atoms with Crippen molar-refractivity contribution in [1.29, 1.82) is 0 Å². The zero-order valence-electron chi connectivity index (χ0n) is 14.6. The molecule has 1 aliphatic heterocycles. The highest BCUT2D eigenvalue weighted by atomic mass is 32.2. The van der Waals surface area contributed by atoms with E-state index in [9.17, 15) is 9.59 Å². The standard InChI is InChI=1S/C18H26N2O3S/c1-4-23-18(22)20-11-9-15(10-12-20)19-17(21)14(3)24-16-7-5-13(2)6-8-16/h5-8,14-15H,4,9-12H2,1-3H3,(H,19,21). The van der Waals surface area contributed by atoms with E-state index in [2.05, 4.69) is 17.4 Å². The molecule has 0 spiro atoms. The predicted octanol–water partition coefficient (Wildman–Crippen LogP) is 3.21. The average molecular weight is 350 g/mol. The van der Waals surface area contributed by atoms with Crippen molar-refractivity contribution in [1.82, 2.24) is 10.2 Å². The Labute approximate surface area is 148 Å². The molecule has 24 heavy (non-hydrogen) atoms. The molecule has 1 saturated heterocycles. The van der Waals surface area contributed by atoms with Gasteiger partial charge in [0.05, 0.1) is 11.9 Å². The van der Waals surface area contributed by atoms with Crippen molar-refractivity contribution in [2.75, 3.05) is 19.7 Å². The number of piperidine rings is 1. The molecule has 1 N–H and O–H groups in total. The molecule has 5 nitrogen and oxygen atoms in total. The number of aryl methyl sites for hydroxylation is 1. The second-order valence-corrected chi connectivity index (χ2v) is 7.46. The van der Waals surface area contributed by atoms with Gasteiger partial charge in [0.1, 0.15) is 0 Å². The second kappa shape index (κ2) is 8.97. The van der Waals surface area contributed by atoms with Crippen LogP contribution in [0.4, 0.5) is 4.79 Å². The molecule has 1 heterocycles. The normalized spacial score (nSPS) is 16.5. The van der Waals surface area contributed by atoms with Gasteiger partial charge in [-0.05, 0) is 45.7 Å². The van der Waals surface area contributed by atoms with Crippen LogP contribution in [0.25, 0.3) is 0 Å². The number of hydrogen-bond acceptors (Lipinski definition) is 4. The Morgan fingerprint density at radius 3 is 2.50 bits per heavy atom. The van der Waals surface area contributed by atoms with Gasteiger partial charge in [-0.25, -0.2) is 4.79 Å². The highest BCUT2D eigenvalue weighted by molar-refractivity contribution is 8.00. The molecule has 0 radical (unpaired) electrons. The van der Waals surface area contributed by atoms with Crippen LogP contribution in [0, 0.1) is 6.92 Å². The predicted molar refractivity (Wildman–Crippen MR) is 96.3 cm³/mol. The highest BCUT2D eigenvalue weighted by Crippen LogP contribution is 2.24. The number of likely N-dealkylation sites (tertiary alicyclic amines) is 1. The molecule has 2 rings (SSSR count). The summed E-state index contributed by atoms with van der Waals surface area (Å²) in [5.74, 6) is 0.0511. The summed E-state index contributed by atoms with van der Waals surface area (Å²) in [5.41, 5.74) is 1.21. The third kappa shape index (κ3) is 5.44. The van der Waals surface area contributed by atoms with Crippen molar-refractivity contribution in [3.8, 4) is 0 Å². The Morgan fingerprint density at radius 2 is 1.92 bits per heavy atom. The maximum atomic E-state index is 12.4. The molecule has 1 aromatic rings. The number of ether oxygens (including phenoxy) is 1. The van der Waals surface area contributed by atoms with E-state index in [0.717, 1.165) is 17.7 Å². The first-order valence-electron chi connectivity index (χ1n) is 8.45. The van der Waals surface area contributed by atoms with Crippen molar-refractivity contribution < 1.29 is 14.3 Å². The van der Waals surface area contributed by atoms with Gasteiger partial charge >= 0.3 is 6.09 Å². The van der Waals surface area contributed by atoms with Crippen molar-refractivity contribution >= 4 is 23.8 Å². The van der Waals surface area contributed by atoms with Gasteiger partial charge in [-0.3, -0.25) is 4.79 Å². The molecule has 0 bridgehead atoms. The maximum absolute atomic E-state index is 12.4. The molecule has 6 heteroatoms. The molecule has 0 aromatic heterocycles. The van der Waals surface area contributed by atoms with Crippen molar-refractivity contribution in [3.05, 3.63) is 29.8 Å². The zero-order chi connectivity index (χ0) is 17.5. The fourth-order valence-corrected chi connectivity index (χ4v) is 3.49. The molecular weight excluding hydrogens is 324 g/mol. The monoisotopic (exact) mass is 350 g/mol. The van der Waals surface area contributed by atoms with Crippen LogP contribution in [0.15, 0.2) is 29.2 Å². The van der Waals surface area contributed by atoms with Crippen LogP contribution < -0.4 is 5.32 Å². The molecule has 1 atom stereocenters. The highest BCUT2D eigenvalue weighted by Gasteiger charge is 2.26. The minimum Gasteiger partial charge on any atom is -0.450 e. The first-order chi connectivity index (χ1) is 11.5. The number of carbonyl (C=O) groups is 2. The third-order valence-electron chi connectivity index (χ3n) is 4.07. The molecule has 1 aromatic carbocycles. The Hall–Kier alpha value is -1.69. The molecule has 132 valence electrons. The van der Waals surface area contributed by atoms with Gasteiger partial charge in [-0.2, -0.15) is 0 Å². The number of nitrogens with one attached hydrogen (secondary N) is 1. The quantitative estimate of drug-likeness (QED) is 0.829. The lowest BCUT2D eigenvalue weighted by molar-refractivity contribution is -0.121. The van der Waals surface area contributed by atoms with E-state index in [1.54, 1.807) is 23.6 Å². The van der Waals surface area contributed by atoms with E-state index >= 15 is 0 Å². The lowest BCUT2D eigenvalue weighted by Gasteiger charge is -2.32. The fourth-order valence-electron chi connectivity index (χ4n) is 2.61. The zero-order valence-corrected chi connectivity index (χ0v) is 15.4. The Balaban J connectivity index is 1.76. The Kier molecular flexibility index (Phi) is 6.97. The Bertz CT molecular complexity index is 554. The smallest absolute Gasteiger partial charge is 0.409 e. The summed E-state index contributed by atoms with van der Waals surface area (Å²) in [5, 5.41) is 2.96. The largest absolute Gasteiger partial charge is 0.450 e. The van der Waals surface area contributed by atoms with Gasteiger partial charge in [0, 0.05) is 24.0 Å². The van der Waals surface area contributed by atoms with Crippen LogP contribution >= 0.6 is 11.8 Å². The molecule has 1 aliphatic rings. The summed E-state index contributed by atoms with van der Waals surface area (Å²) in [6, 6.07) is 8.32. The van der Waals surface area contributed by atoms with Crippen molar-refractivity contribution in [2.45, 2.75) is 49.8 Å². The lowest BCUT2D eigenvalue weighted by atomic mass is 10.1. The van der Waals surface area contributed by atoms with E-state index in [-0.39, 0.29) is 23.3 Å². The molecule has 1 unspecified atom stereocenters. The van der Waals surface area contributed by atoms with Crippen LogP contribution in [0.5, 0.6) is 0 Å². The van der Waals surface area contributed by atoms with Gasteiger partial charge in [0.2, 0.25) is 5.91 Å². The lowest BCUT2D eigenvalue weighted by Crippen LogP contribution is -2.48. The maximum Gasteiger partial charge on any atom is 0.409 e. The van der Waals surface area contributed by atoms with Gasteiger partial charge in [0.15, 0.2) is 0 Å². The number of hydrogen-bond donors (Lipinski definition) is 1. The second-order valence-electron chi connectivity index (χ2n) is 6.04. The summed E-state index contributed by atoms with van der Waals surface area (Å²) in [6.45, 7) is 7.43. The Morgan fingerprint density at radius 1 is 1.29 bits per heavy atom. The summed E-state index contributed by atoms with van der Waals surface area (Å²) < 4.78 is 5.01. The SMILES string of the molecule is CCOC(=O)N1CCC(NC(=O)C(C)Sc2ccc(C)cc2)CC1. The number of benzene rings is 1. The molecule has 0 aliphatic carbocycles. The minimum absolute atomic E-state index is 0.0511. The summed E-state index contributed by atoms with van der Waals surface area (Å²) in [6.07, 6.45) is 1.28. The third-order valence-corrected chi connectivity index (χ3v) is 5.18. The molecule has 0 saturated carbocycles. The van der Waals surface area contributed by atoms with E-state index < -0.39 is 0 Å². The van der Waals surface area contributed by atoms with E-state index in [1.807, 2.05) is 26.0 Å². The first-order valence-corrected chi connectivity index (χ1v) is 9.33. The van der Waals surface area contributed by atoms with Crippen LogP contribution in [0.2, 0.25) is 0 Å². The number of thioether (sulfide) groups is 1. The fraction of sp³-hybridized carbons (Fsp3) is 0.556. The van der Waals surface area contributed by atoms with E-state index in [1.165, 1.54) is 5.56 Å². The molecule has 1 fully saturated rings. The number of amides is 2. The minimum atomic E-state index is -0.259. The van der Waals surface area contributed by atoms with Crippen LogP contribution in [0.3, 0.4) is 0 Å².